The van der Waals surface area contributed by atoms with Crippen molar-refractivity contribution in [1.82, 2.24) is 4.72 Å². The average molecular weight is 393 g/mol. The van der Waals surface area contributed by atoms with Gasteiger partial charge < -0.3 is 14.3 Å². The van der Waals surface area contributed by atoms with E-state index in [4.69, 9.17) is 4.42 Å². The molecule has 0 radical (unpaired) electrons. The van der Waals surface area contributed by atoms with Gasteiger partial charge >= 0.3 is 6.36 Å². The fraction of sp³-hybridized carbons (Fsp3) is 0.375. The number of aryl methyl sites for hydroxylation is 2. The van der Waals surface area contributed by atoms with Crippen molar-refractivity contribution >= 4 is 10.0 Å². The zero-order valence-electron chi connectivity index (χ0n) is 14.0. The van der Waals surface area contributed by atoms with Gasteiger partial charge in [-0.3, -0.25) is 0 Å². The van der Waals surface area contributed by atoms with Crippen LogP contribution in [0.25, 0.3) is 0 Å². The van der Waals surface area contributed by atoms with E-state index in [0.29, 0.717) is 17.1 Å². The Labute approximate surface area is 148 Å². The number of hydrogen-bond donors (Lipinski definition) is 2. The topological polar surface area (TPSA) is 88.8 Å². The molecule has 6 nitrogen and oxygen atoms in total. The standard InChI is InChI=1S/C16H18F3NO5S/c1-10-9-14(11(2)24-10)15(21)7-8-20-26(22,23)13-5-3-12(4-6-13)25-16(17,18)19/h3-6,9,15,20-21H,7-8H2,1-2H3/t15-/m1/s1. The molecule has 10 heteroatoms. The second kappa shape index (κ2) is 7.68. The summed E-state index contributed by atoms with van der Waals surface area (Å²) in [5.74, 6) is 0.675. The minimum absolute atomic E-state index is 0.0615. The summed E-state index contributed by atoms with van der Waals surface area (Å²) in [6.07, 6.45) is -5.65. The Morgan fingerprint density at radius 1 is 1.23 bits per heavy atom. The van der Waals surface area contributed by atoms with Gasteiger partial charge in [0, 0.05) is 12.1 Å². The highest BCUT2D eigenvalue weighted by atomic mass is 32.2. The predicted molar refractivity (Wildman–Crippen MR) is 86.1 cm³/mol. The normalized spacial score (nSPS) is 13.6. The molecule has 1 aromatic heterocycles. The maximum Gasteiger partial charge on any atom is 0.573 e. The van der Waals surface area contributed by atoms with Crippen LogP contribution in [0.2, 0.25) is 0 Å². The third-order valence-electron chi connectivity index (χ3n) is 3.52. The predicted octanol–water partition coefficient (Wildman–Crippen LogP) is 3.20. The molecule has 0 saturated heterocycles. The summed E-state index contributed by atoms with van der Waals surface area (Å²) >= 11 is 0. The van der Waals surface area contributed by atoms with Crippen LogP contribution >= 0.6 is 0 Å². The summed E-state index contributed by atoms with van der Waals surface area (Å²) in [5, 5.41) is 10.1. The molecule has 2 aromatic rings. The molecular weight excluding hydrogens is 375 g/mol. The Morgan fingerprint density at radius 3 is 2.35 bits per heavy atom. The second-order valence-electron chi connectivity index (χ2n) is 5.59. The summed E-state index contributed by atoms with van der Waals surface area (Å²) in [6.45, 7) is 3.37. The molecule has 0 fully saturated rings. The van der Waals surface area contributed by atoms with Crippen molar-refractivity contribution in [3.8, 4) is 5.75 Å². The highest BCUT2D eigenvalue weighted by Crippen LogP contribution is 2.25. The number of aliphatic hydroxyl groups is 1. The first kappa shape index (κ1) is 20.3. The van der Waals surface area contributed by atoms with Crippen molar-refractivity contribution in [2.45, 2.75) is 37.6 Å². The molecular formula is C16H18F3NO5S. The van der Waals surface area contributed by atoms with Gasteiger partial charge in [0.15, 0.2) is 0 Å². The Bertz CT molecular complexity index is 844. The smallest absolute Gasteiger partial charge is 0.466 e. The first-order valence-corrected chi connectivity index (χ1v) is 9.07. The molecule has 26 heavy (non-hydrogen) atoms. The lowest BCUT2D eigenvalue weighted by Crippen LogP contribution is -2.26. The fourth-order valence-corrected chi connectivity index (χ4v) is 3.42. The number of hydrogen-bond acceptors (Lipinski definition) is 5. The van der Waals surface area contributed by atoms with Gasteiger partial charge in [-0.25, -0.2) is 13.1 Å². The largest absolute Gasteiger partial charge is 0.573 e. The van der Waals surface area contributed by atoms with Crippen molar-refractivity contribution in [3.05, 3.63) is 47.4 Å². The minimum Gasteiger partial charge on any atom is -0.466 e. The molecule has 0 aliphatic carbocycles. The Kier molecular flexibility index (Phi) is 5.99. The number of benzene rings is 1. The molecule has 2 rings (SSSR count). The van der Waals surface area contributed by atoms with Crippen LogP contribution in [0, 0.1) is 13.8 Å². The molecule has 0 unspecified atom stereocenters. The first-order chi connectivity index (χ1) is 12.0. The summed E-state index contributed by atoms with van der Waals surface area (Å²) in [5.41, 5.74) is 0.579. The van der Waals surface area contributed by atoms with Gasteiger partial charge in [0.2, 0.25) is 10.0 Å². The lowest BCUT2D eigenvalue weighted by atomic mass is 10.1. The number of aliphatic hydroxyl groups excluding tert-OH is 1. The number of nitrogens with one attached hydrogen (secondary N) is 1. The first-order valence-electron chi connectivity index (χ1n) is 7.58. The Hall–Kier alpha value is -2.04. The van der Waals surface area contributed by atoms with Crippen LogP contribution in [0.5, 0.6) is 5.75 Å². The average Bonchev–Trinajstić information content (AvgIpc) is 2.84. The van der Waals surface area contributed by atoms with Crippen LogP contribution in [0.15, 0.2) is 39.6 Å². The molecule has 1 aromatic carbocycles. The maximum absolute atomic E-state index is 12.1. The molecule has 0 aliphatic heterocycles. The van der Waals surface area contributed by atoms with Gasteiger partial charge in [-0.05, 0) is 50.6 Å². The summed E-state index contributed by atoms with van der Waals surface area (Å²) in [4.78, 5) is -0.211. The van der Waals surface area contributed by atoms with E-state index in [2.05, 4.69) is 9.46 Å². The van der Waals surface area contributed by atoms with E-state index < -0.39 is 28.2 Å². The van der Waals surface area contributed by atoms with Gasteiger partial charge in [0.05, 0.1) is 11.0 Å². The molecule has 0 bridgehead atoms. The molecule has 2 N–H and O–H groups in total. The number of sulfonamides is 1. The zero-order valence-corrected chi connectivity index (χ0v) is 14.8. The van der Waals surface area contributed by atoms with Crippen molar-refractivity contribution < 1.29 is 35.8 Å². The number of rotatable bonds is 7. The van der Waals surface area contributed by atoms with E-state index in [1.165, 1.54) is 0 Å². The van der Waals surface area contributed by atoms with E-state index in [0.717, 1.165) is 24.3 Å². The second-order valence-corrected chi connectivity index (χ2v) is 7.36. The molecule has 0 aliphatic rings. The summed E-state index contributed by atoms with van der Waals surface area (Å²) in [7, 11) is -3.92. The number of furan rings is 1. The molecule has 1 atom stereocenters. The van der Waals surface area contributed by atoms with Gasteiger partial charge in [0.1, 0.15) is 17.3 Å². The van der Waals surface area contributed by atoms with E-state index >= 15 is 0 Å². The lowest BCUT2D eigenvalue weighted by Gasteiger charge is -2.12. The number of halogens is 3. The molecule has 0 amide bonds. The van der Waals surface area contributed by atoms with E-state index in [1.54, 1.807) is 19.9 Å². The Balaban J connectivity index is 1.95. The highest BCUT2D eigenvalue weighted by Gasteiger charge is 2.31. The zero-order chi connectivity index (χ0) is 19.5. The molecule has 144 valence electrons. The van der Waals surface area contributed by atoms with Gasteiger partial charge in [-0.2, -0.15) is 0 Å². The summed E-state index contributed by atoms with van der Waals surface area (Å²) in [6, 6.07) is 5.50. The molecule has 1 heterocycles. The van der Waals surface area contributed by atoms with E-state index in [9.17, 15) is 26.7 Å². The minimum atomic E-state index is -4.85. The third-order valence-corrected chi connectivity index (χ3v) is 4.99. The van der Waals surface area contributed by atoms with E-state index in [-0.39, 0.29) is 17.9 Å². The van der Waals surface area contributed by atoms with Gasteiger partial charge in [-0.15, -0.1) is 13.2 Å². The Morgan fingerprint density at radius 2 is 1.85 bits per heavy atom. The monoisotopic (exact) mass is 393 g/mol. The quantitative estimate of drug-likeness (QED) is 0.754. The summed E-state index contributed by atoms with van der Waals surface area (Å²) < 4.78 is 71.9. The number of ether oxygens (including phenoxy) is 1. The highest BCUT2D eigenvalue weighted by molar-refractivity contribution is 7.89. The van der Waals surface area contributed by atoms with Gasteiger partial charge in [-0.1, -0.05) is 0 Å². The fourth-order valence-electron chi connectivity index (χ4n) is 2.37. The maximum atomic E-state index is 12.1. The van der Waals surface area contributed by atoms with Crippen molar-refractivity contribution in [1.29, 1.82) is 0 Å². The number of alkyl halides is 3. The van der Waals surface area contributed by atoms with Crippen LogP contribution in [0.1, 0.15) is 29.6 Å². The molecule has 0 spiro atoms. The van der Waals surface area contributed by atoms with Gasteiger partial charge in [0.25, 0.3) is 0 Å². The lowest BCUT2D eigenvalue weighted by molar-refractivity contribution is -0.274. The van der Waals surface area contributed by atoms with E-state index in [1.807, 2.05) is 0 Å². The van der Waals surface area contributed by atoms with Crippen LogP contribution in [0.3, 0.4) is 0 Å². The van der Waals surface area contributed by atoms with Crippen LogP contribution in [-0.4, -0.2) is 26.4 Å². The van der Waals surface area contributed by atoms with Crippen LogP contribution in [0.4, 0.5) is 13.2 Å². The third kappa shape index (κ3) is 5.48. The van der Waals surface area contributed by atoms with Crippen LogP contribution < -0.4 is 9.46 Å². The van der Waals surface area contributed by atoms with Crippen molar-refractivity contribution in [3.63, 3.8) is 0 Å². The van der Waals surface area contributed by atoms with Crippen LogP contribution in [-0.2, 0) is 10.0 Å². The van der Waals surface area contributed by atoms with Crippen molar-refractivity contribution in [2.24, 2.45) is 0 Å². The molecule has 0 saturated carbocycles. The SMILES string of the molecule is Cc1cc([C@H](O)CCNS(=O)(=O)c2ccc(OC(F)(F)F)cc2)c(C)o1. The van der Waals surface area contributed by atoms with Crippen molar-refractivity contribution in [2.75, 3.05) is 6.54 Å².